The molecule has 14 heavy (non-hydrogen) atoms. The number of carbonyl (C=O) groups is 1. The first-order valence-corrected chi connectivity index (χ1v) is 4.56. The van der Waals surface area contributed by atoms with Gasteiger partial charge in [0.25, 0.3) is 0 Å². The maximum atomic E-state index is 11.5. The van der Waals surface area contributed by atoms with E-state index in [4.69, 9.17) is 9.84 Å². The Morgan fingerprint density at radius 1 is 1.36 bits per heavy atom. The molecule has 0 radical (unpaired) electrons. The fourth-order valence-electron chi connectivity index (χ4n) is 1.16. The molecule has 0 bridgehead atoms. The number of aliphatic hydroxyl groups is 1. The zero-order chi connectivity index (χ0) is 10.4. The molecular formula is C11H14O3. The van der Waals surface area contributed by atoms with E-state index in [-0.39, 0.29) is 12.4 Å². The second-order valence-corrected chi connectivity index (χ2v) is 2.98. The third kappa shape index (κ3) is 2.85. The summed E-state index contributed by atoms with van der Waals surface area (Å²) in [6, 6.07) is 6.98. The number of carbonyl (C=O) groups excluding carboxylic acids is 1. The first kappa shape index (κ1) is 10.7. The van der Waals surface area contributed by atoms with Crippen LogP contribution in [0.25, 0.3) is 0 Å². The number of Topliss-reactive ketones (excluding diaryl/α,β-unsaturated/α-hetero) is 1. The third-order valence-corrected chi connectivity index (χ3v) is 1.97. The standard InChI is InChI=1S/C11H14O3/c1-14-10-6-4-9(5-7-10)11(13)3-2-8-12/h4-7,12H,2-3,8H2,1H3. The molecule has 0 fully saturated rings. The number of hydrogen-bond acceptors (Lipinski definition) is 3. The Kier molecular flexibility index (Phi) is 4.13. The molecule has 0 saturated carbocycles. The molecular weight excluding hydrogens is 180 g/mol. The number of rotatable bonds is 5. The molecule has 0 aliphatic heterocycles. The van der Waals surface area contributed by atoms with E-state index in [1.54, 1.807) is 31.4 Å². The van der Waals surface area contributed by atoms with Crippen LogP contribution in [-0.4, -0.2) is 24.6 Å². The Balaban J connectivity index is 2.62. The zero-order valence-electron chi connectivity index (χ0n) is 8.19. The highest BCUT2D eigenvalue weighted by Gasteiger charge is 2.04. The second kappa shape index (κ2) is 5.40. The van der Waals surface area contributed by atoms with Crippen molar-refractivity contribution in [2.24, 2.45) is 0 Å². The molecule has 0 aliphatic carbocycles. The van der Waals surface area contributed by atoms with Crippen LogP contribution >= 0.6 is 0 Å². The van der Waals surface area contributed by atoms with Crippen molar-refractivity contribution in [1.29, 1.82) is 0 Å². The highest BCUT2D eigenvalue weighted by Crippen LogP contribution is 2.13. The number of benzene rings is 1. The van der Waals surface area contributed by atoms with Gasteiger partial charge in [0.05, 0.1) is 7.11 Å². The molecule has 0 unspecified atom stereocenters. The van der Waals surface area contributed by atoms with Crippen LogP contribution in [0.2, 0.25) is 0 Å². The molecule has 0 spiro atoms. The monoisotopic (exact) mass is 194 g/mol. The van der Waals surface area contributed by atoms with E-state index in [1.807, 2.05) is 0 Å². The van der Waals surface area contributed by atoms with Crippen LogP contribution in [0.5, 0.6) is 5.75 Å². The molecule has 0 amide bonds. The molecule has 3 nitrogen and oxygen atoms in total. The van der Waals surface area contributed by atoms with Crippen molar-refractivity contribution >= 4 is 5.78 Å². The summed E-state index contributed by atoms with van der Waals surface area (Å²) in [5.74, 6) is 0.797. The van der Waals surface area contributed by atoms with Crippen molar-refractivity contribution in [3.8, 4) is 5.75 Å². The largest absolute Gasteiger partial charge is 0.497 e. The van der Waals surface area contributed by atoms with Crippen molar-refractivity contribution in [2.75, 3.05) is 13.7 Å². The molecule has 1 aromatic rings. The Hall–Kier alpha value is -1.35. The summed E-state index contributed by atoms with van der Waals surface area (Å²) in [5, 5.41) is 8.57. The molecule has 3 heteroatoms. The van der Waals surface area contributed by atoms with Gasteiger partial charge in [0.1, 0.15) is 5.75 Å². The first-order chi connectivity index (χ1) is 6.77. The van der Waals surface area contributed by atoms with E-state index in [0.29, 0.717) is 18.4 Å². The summed E-state index contributed by atoms with van der Waals surface area (Å²) in [6.45, 7) is 0.0574. The van der Waals surface area contributed by atoms with Gasteiger partial charge in [-0.15, -0.1) is 0 Å². The molecule has 1 aromatic carbocycles. The van der Waals surface area contributed by atoms with Gasteiger partial charge in [0, 0.05) is 18.6 Å². The number of ketones is 1. The van der Waals surface area contributed by atoms with Gasteiger partial charge in [-0.3, -0.25) is 4.79 Å². The summed E-state index contributed by atoms with van der Waals surface area (Å²) in [7, 11) is 1.59. The lowest BCUT2D eigenvalue weighted by Crippen LogP contribution is -2.00. The highest BCUT2D eigenvalue weighted by molar-refractivity contribution is 5.96. The van der Waals surface area contributed by atoms with Crippen LogP contribution in [-0.2, 0) is 0 Å². The number of ether oxygens (including phenoxy) is 1. The van der Waals surface area contributed by atoms with Gasteiger partial charge in [-0.1, -0.05) is 0 Å². The molecule has 0 atom stereocenters. The van der Waals surface area contributed by atoms with Gasteiger partial charge in [0.2, 0.25) is 0 Å². The normalized spacial score (nSPS) is 9.86. The van der Waals surface area contributed by atoms with Crippen LogP contribution < -0.4 is 4.74 Å². The average Bonchev–Trinajstić information content (AvgIpc) is 2.26. The van der Waals surface area contributed by atoms with Gasteiger partial charge in [-0.2, -0.15) is 0 Å². The van der Waals surface area contributed by atoms with Gasteiger partial charge in [0.15, 0.2) is 5.78 Å². The molecule has 0 aromatic heterocycles. The maximum absolute atomic E-state index is 11.5. The predicted molar refractivity (Wildman–Crippen MR) is 53.6 cm³/mol. The predicted octanol–water partition coefficient (Wildman–Crippen LogP) is 1.65. The summed E-state index contributed by atoms with van der Waals surface area (Å²) >= 11 is 0. The zero-order valence-corrected chi connectivity index (χ0v) is 8.19. The third-order valence-electron chi connectivity index (χ3n) is 1.97. The van der Waals surface area contributed by atoms with E-state index in [1.165, 1.54) is 0 Å². The van der Waals surface area contributed by atoms with E-state index in [9.17, 15) is 4.79 Å². The van der Waals surface area contributed by atoms with Gasteiger partial charge < -0.3 is 9.84 Å². The van der Waals surface area contributed by atoms with E-state index < -0.39 is 0 Å². The van der Waals surface area contributed by atoms with Crippen molar-refractivity contribution < 1.29 is 14.6 Å². The molecule has 1 N–H and O–H groups in total. The summed E-state index contributed by atoms with van der Waals surface area (Å²) in [6.07, 6.45) is 0.910. The van der Waals surface area contributed by atoms with Gasteiger partial charge >= 0.3 is 0 Å². The van der Waals surface area contributed by atoms with Crippen molar-refractivity contribution in [3.05, 3.63) is 29.8 Å². The van der Waals surface area contributed by atoms with Gasteiger partial charge in [-0.05, 0) is 30.7 Å². The van der Waals surface area contributed by atoms with Crippen LogP contribution in [0.4, 0.5) is 0 Å². The Bertz CT molecular complexity index is 290. The van der Waals surface area contributed by atoms with Crippen molar-refractivity contribution in [1.82, 2.24) is 0 Å². The Morgan fingerprint density at radius 2 is 2.00 bits per heavy atom. The van der Waals surface area contributed by atoms with E-state index in [0.717, 1.165) is 5.75 Å². The quantitative estimate of drug-likeness (QED) is 0.725. The molecule has 0 heterocycles. The van der Waals surface area contributed by atoms with Gasteiger partial charge in [-0.25, -0.2) is 0 Å². The van der Waals surface area contributed by atoms with Crippen molar-refractivity contribution in [2.45, 2.75) is 12.8 Å². The van der Waals surface area contributed by atoms with Crippen LogP contribution in [0.3, 0.4) is 0 Å². The maximum Gasteiger partial charge on any atom is 0.162 e. The number of hydrogen-bond donors (Lipinski definition) is 1. The average molecular weight is 194 g/mol. The minimum absolute atomic E-state index is 0.0571. The Labute approximate surface area is 83.3 Å². The molecule has 1 rings (SSSR count). The fourth-order valence-corrected chi connectivity index (χ4v) is 1.16. The molecule has 76 valence electrons. The fraction of sp³-hybridized carbons (Fsp3) is 0.364. The van der Waals surface area contributed by atoms with E-state index >= 15 is 0 Å². The molecule has 0 aliphatic rings. The lowest BCUT2D eigenvalue weighted by atomic mass is 10.1. The summed E-state index contributed by atoms with van der Waals surface area (Å²) < 4.78 is 4.98. The summed E-state index contributed by atoms with van der Waals surface area (Å²) in [4.78, 5) is 11.5. The van der Waals surface area contributed by atoms with E-state index in [2.05, 4.69) is 0 Å². The lowest BCUT2D eigenvalue weighted by molar-refractivity contribution is 0.0971. The topological polar surface area (TPSA) is 46.5 Å². The smallest absolute Gasteiger partial charge is 0.162 e. The molecule has 0 saturated heterocycles. The summed E-state index contributed by atoms with van der Waals surface area (Å²) in [5.41, 5.74) is 0.666. The van der Waals surface area contributed by atoms with Crippen LogP contribution in [0.1, 0.15) is 23.2 Å². The minimum Gasteiger partial charge on any atom is -0.497 e. The van der Waals surface area contributed by atoms with Crippen LogP contribution in [0.15, 0.2) is 24.3 Å². The lowest BCUT2D eigenvalue weighted by Gasteiger charge is -2.01. The first-order valence-electron chi connectivity index (χ1n) is 4.56. The number of aliphatic hydroxyl groups excluding tert-OH is 1. The van der Waals surface area contributed by atoms with Crippen LogP contribution in [0, 0.1) is 0 Å². The SMILES string of the molecule is COc1ccc(C(=O)CCCO)cc1. The van der Waals surface area contributed by atoms with Crippen molar-refractivity contribution in [3.63, 3.8) is 0 Å². The highest BCUT2D eigenvalue weighted by atomic mass is 16.5. The second-order valence-electron chi connectivity index (χ2n) is 2.98. The Morgan fingerprint density at radius 3 is 2.50 bits per heavy atom. The minimum atomic E-state index is 0.0571. The number of methoxy groups -OCH3 is 1.